The van der Waals surface area contributed by atoms with E-state index >= 15 is 0 Å². The zero-order valence-corrected chi connectivity index (χ0v) is 16.9. The fourth-order valence-corrected chi connectivity index (χ4v) is 3.27. The Hall–Kier alpha value is -2.84. The van der Waals surface area contributed by atoms with E-state index < -0.39 is 11.8 Å². The standard InChI is InChI=1S/C21H28N4O4/c1-24(2)17-7-5-16(6-8-17)19(25-9-12-28-13-10-25)15-23-21(27)20(26)22-14-18-4-3-11-29-18/h3-8,11,19H,9-10,12-15H2,1-2H3,(H,22,26)(H,23,27). The second-order valence-electron chi connectivity index (χ2n) is 7.12. The third kappa shape index (κ3) is 5.82. The maximum absolute atomic E-state index is 12.3. The lowest BCUT2D eigenvalue weighted by atomic mass is 10.0. The molecule has 0 bridgehead atoms. The molecular weight excluding hydrogens is 372 g/mol. The first-order valence-corrected chi connectivity index (χ1v) is 9.72. The van der Waals surface area contributed by atoms with Gasteiger partial charge in [-0.3, -0.25) is 14.5 Å². The number of rotatable bonds is 7. The lowest BCUT2D eigenvalue weighted by Crippen LogP contribution is -2.46. The highest BCUT2D eigenvalue weighted by molar-refractivity contribution is 6.35. The van der Waals surface area contributed by atoms with Gasteiger partial charge in [0.15, 0.2) is 0 Å². The van der Waals surface area contributed by atoms with Gasteiger partial charge >= 0.3 is 11.8 Å². The fraction of sp³-hybridized carbons (Fsp3) is 0.429. The zero-order chi connectivity index (χ0) is 20.6. The van der Waals surface area contributed by atoms with E-state index in [9.17, 15) is 9.59 Å². The number of hydrogen-bond acceptors (Lipinski definition) is 6. The summed E-state index contributed by atoms with van der Waals surface area (Å²) in [6.07, 6.45) is 1.52. The molecule has 0 spiro atoms. The van der Waals surface area contributed by atoms with Crippen molar-refractivity contribution >= 4 is 17.5 Å². The Morgan fingerprint density at radius 3 is 2.38 bits per heavy atom. The monoisotopic (exact) mass is 400 g/mol. The molecule has 1 unspecified atom stereocenters. The summed E-state index contributed by atoms with van der Waals surface area (Å²) < 4.78 is 10.6. The number of anilines is 1. The molecule has 0 radical (unpaired) electrons. The highest BCUT2D eigenvalue weighted by Crippen LogP contribution is 2.23. The number of amides is 2. The van der Waals surface area contributed by atoms with E-state index in [4.69, 9.17) is 9.15 Å². The van der Waals surface area contributed by atoms with E-state index in [0.29, 0.717) is 25.5 Å². The normalized spacial score (nSPS) is 15.5. The molecule has 1 aromatic heterocycles. The van der Waals surface area contributed by atoms with Gasteiger partial charge in [0.1, 0.15) is 5.76 Å². The quantitative estimate of drug-likeness (QED) is 0.678. The van der Waals surface area contributed by atoms with E-state index in [1.54, 1.807) is 12.1 Å². The van der Waals surface area contributed by atoms with Crippen molar-refractivity contribution in [1.29, 1.82) is 0 Å². The third-order valence-electron chi connectivity index (χ3n) is 4.95. The molecule has 0 aliphatic carbocycles. The lowest BCUT2D eigenvalue weighted by Gasteiger charge is -2.35. The molecule has 1 aromatic carbocycles. The Morgan fingerprint density at radius 1 is 1.07 bits per heavy atom. The Bertz CT molecular complexity index is 784. The van der Waals surface area contributed by atoms with Crippen molar-refractivity contribution in [1.82, 2.24) is 15.5 Å². The summed E-state index contributed by atoms with van der Waals surface area (Å²) in [5, 5.41) is 5.34. The molecule has 156 valence electrons. The zero-order valence-electron chi connectivity index (χ0n) is 16.9. The molecule has 8 heteroatoms. The largest absolute Gasteiger partial charge is 0.467 e. The van der Waals surface area contributed by atoms with E-state index in [2.05, 4.69) is 39.8 Å². The average Bonchev–Trinajstić information content (AvgIpc) is 3.27. The Morgan fingerprint density at radius 2 is 1.76 bits per heavy atom. The van der Waals surface area contributed by atoms with Crippen molar-refractivity contribution in [3.63, 3.8) is 0 Å². The summed E-state index contributed by atoms with van der Waals surface area (Å²) in [5.41, 5.74) is 2.20. The summed E-state index contributed by atoms with van der Waals surface area (Å²) in [4.78, 5) is 28.7. The average molecular weight is 400 g/mol. The Balaban J connectivity index is 1.61. The van der Waals surface area contributed by atoms with Gasteiger partial charge in [0, 0.05) is 39.4 Å². The van der Waals surface area contributed by atoms with Gasteiger partial charge in [-0.15, -0.1) is 0 Å². The molecule has 1 fully saturated rings. The van der Waals surface area contributed by atoms with E-state index in [-0.39, 0.29) is 12.6 Å². The summed E-state index contributed by atoms with van der Waals surface area (Å²) in [7, 11) is 3.99. The number of hydrogen-bond donors (Lipinski definition) is 2. The Labute approximate surface area is 170 Å². The third-order valence-corrected chi connectivity index (χ3v) is 4.95. The minimum atomic E-state index is -0.676. The van der Waals surface area contributed by atoms with Crippen LogP contribution in [0.2, 0.25) is 0 Å². The first kappa shape index (κ1) is 20.9. The first-order chi connectivity index (χ1) is 14.0. The van der Waals surface area contributed by atoms with Crippen molar-refractivity contribution in [2.24, 2.45) is 0 Å². The molecule has 29 heavy (non-hydrogen) atoms. The molecule has 8 nitrogen and oxygen atoms in total. The lowest BCUT2D eigenvalue weighted by molar-refractivity contribution is -0.139. The summed E-state index contributed by atoms with van der Waals surface area (Å²) >= 11 is 0. The minimum Gasteiger partial charge on any atom is -0.467 e. The second-order valence-corrected chi connectivity index (χ2v) is 7.12. The first-order valence-electron chi connectivity index (χ1n) is 9.72. The van der Waals surface area contributed by atoms with Crippen LogP contribution in [-0.2, 0) is 20.9 Å². The van der Waals surface area contributed by atoms with Gasteiger partial charge in [-0.25, -0.2) is 0 Å². The predicted molar refractivity (Wildman–Crippen MR) is 109 cm³/mol. The van der Waals surface area contributed by atoms with Gasteiger partial charge in [0.05, 0.1) is 32.1 Å². The molecule has 1 aliphatic heterocycles. The summed E-state index contributed by atoms with van der Waals surface area (Å²) in [6.45, 7) is 3.39. The number of nitrogens with zero attached hydrogens (tertiary/aromatic N) is 2. The van der Waals surface area contributed by atoms with Crippen molar-refractivity contribution in [3.8, 4) is 0 Å². The van der Waals surface area contributed by atoms with Crippen LogP contribution in [0.15, 0.2) is 47.1 Å². The molecular formula is C21H28N4O4. The van der Waals surface area contributed by atoms with Crippen LogP contribution in [0.1, 0.15) is 17.4 Å². The molecule has 2 heterocycles. The van der Waals surface area contributed by atoms with Crippen LogP contribution in [-0.4, -0.2) is 63.7 Å². The highest BCUT2D eigenvalue weighted by Gasteiger charge is 2.24. The number of benzene rings is 1. The van der Waals surface area contributed by atoms with E-state index in [1.165, 1.54) is 6.26 Å². The Kier molecular flexibility index (Phi) is 7.26. The van der Waals surface area contributed by atoms with Crippen molar-refractivity contribution in [3.05, 3.63) is 54.0 Å². The van der Waals surface area contributed by atoms with Crippen LogP contribution < -0.4 is 15.5 Å². The van der Waals surface area contributed by atoms with Crippen molar-refractivity contribution in [2.75, 3.05) is 51.8 Å². The van der Waals surface area contributed by atoms with Crippen LogP contribution in [0.5, 0.6) is 0 Å². The molecule has 1 aliphatic rings. The molecule has 0 saturated carbocycles. The minimum absolute atomic E-state index is 0.0306. The van der Waals surface area contributed by atoms with Gasteiger partial charge in [-0.05, 0) is 29.8 Å². The maximum atomic E-state index is 12.3. The van der Waals surface area contributed by atoms with E-state index in [0.717, 1.165) is 24.3 Å². The second kappa shape index (κ2) is 10.1. The fourth-order valence-electron chi connectivity index (χ4n) is 3.27. The molecule has 1 atom stereocenters. The topological polar surface area (TPSA) is 87.1 Å². The number of carbonyl (C=O) groups excluding carboxylic acids is 2. The molecule has 2 N–H and O–H groups in total. The predicted octanol–water partition coefficient (Wildman–Crippen LogP) is 1.15. The summed E-state index contributed by atoms with van der Waals surface area (Å²) in [6, 6.07) is 11.7. The van der Waals surface area contributed by atoms with Gasteiger partial charge in [0.2, 0.25) is 0 Å². The number of nitrogens with one attached hydrogen (secondary N) is 2. The highest BCUT2D eigenvalue weighted by atomic mass is 16.5. The van der Waals surface area contributed by atoms with Crippen LogP contribution in [0, 0.1) is 0 Å². The van der Waals surface area contributed by atoms with Gasteiger partial charge < -0.3 is 24.7 Å². The summed E-state index contributed by atoms with van der Waals surface area (Å²) in [5.74, 6) is -0.733. The number of carbonyl (C=O) groups is 2. The van der Waals surface area contributed by atoms with Crippen molar-refractivity contribution < 1.29 is 18.7 Å². The molecule has 1 saturated heterocycles. The van der Waals surface area contributed by atoms with Crippen LogP contribution in [0.4, 0.5) is 5.69 Å². The number of furan rings is 1. The molecule has 2 amide bonds. The maximum Gasteiger partial charge on any atom is 0.309 e. The van der Waals surface area contributed by atoms with Gasteiger partial charge in [-0.1, -0.05) is 12.1 Å². The number of morpholine rings is 1. The molecule has 2 aromatic rings. The SMILES string of the molecule is CN(C)c1ccc(C(CNC(=O)C(=O)NCc2ccco2)N2CCOCC2)cc1. The van der Waals surface area contributed by atoms with Gasteiger partial charge in [0.25, 0.3) is 0 Å². The van der Waals surface area contributed by atoms with Crippen LogP contribution >= 0.6 is 0 Å². The van der Waals surface area contributed by atoms with E-state index in [1.807, 2.05) is 19.0 Å². The van der Waals surface area contributed by atoms with Crippen molar-refractivity contribution in [2.45, 2.75) is 12.6 Å². The van der Waals surface area contributed by atoms with Gasteiger partial charge in [-0.2, -0.15) is 0 Å². The van der Waals surface area contributed by atoms with Crippen LogP contribution in [0.25, 0.3) is 0 Å². The smallest absolute Gasteiger partial charge is 0.309 e. The number of ether oxygens (including phenoxy) is 1. The molecule has 3 rings (SSSR count). The van der Waals surface area contributed by atoms with Crippen LogP contribution in [0.3, 0.4) is 0 Å².